The number of hydrogen-bond acceptors (Lipinski definition) is 4. The van der Waals surface area contributed by atoms with Gasteiger partial charge in [0.2, 0.25) is 11.8 Å². The summed E-state index contributed by atoms with van der Waals surface area (Å²) in [5.41, 5.74) is 0. The van der Waals surface area contributed by atoms with Crippen LogP contribution in [-0.2, 0) is 9.59 Å². The van der Waals surface area contributed by atoms with Crippen molar-refractivity contribution < 1.29 is 9.59 Å². The molecule has 1 unspecified atom stereocenters. The van der Waals surface area contributed by atoms with Gasteiger partial charge in [0.15, 0.2) is 0 Å². The van der Waals surface area contributed by atoms with Crippen molar-refractivity contribution in [3.05, 3.63) is 0 Å². The smallest absolute Gasteiger partial charge is 0.244 e. The van der Waals surface area contributed by atoms with E-state index in [2.05, 4.69) is 0 Å². The number of hydrogen-bond donors (Lipinski definition) is 1. The third-order valence-corrected chi connectivity index (χ3v) is 2.42. The molecule has 0 aromatic heterocycles. The fourth-order valence-corrected chi connectivity index (χ4v) is 1.64. The fourth-order valence-electron chi connectivity index (χ4n) is 1.64. The minimum Gasteiger partial charge on any atom is -0.294 e. The molecule has 0 spiro atoms. The van der Waals surface area contributed by atoms with Crippen molar-refractivity contribution in [3.8, 4) is 12.1 Å². The number of carbonyl (C=O) groups excluding carboxylic acids is 2. The third-order valence-electron chi connectivity index (χ3n) is 2.42. The van der Waals surface area contributed by atoms with E-state index in [1.54, 1.807) is 6.92 Å². The first-order valence-corrected chi connectivity index (χ1v) is 4.29. The maximum atomic E-state index is 11.2. The second-order valence-corrected chi connectivity index (χ2v) is 3.14. The Labute approximate surface area is 81.3 Å². The average molecular weight is 191 g/mol. The molecule has 0 saturated carbocycles. The third kappa shape index (κ3) is 1.45. The Morgan fingerprint density at radius 3 is 1.93 bits per heavy atom. The van der Waals surface area contributed by atoms with Crippen molar-refractivity contribution >= 4 is 11.8 Å². The number of nitrogens with one attached hydrogen (secondary N) is 1. The van der Waals surface area contributed by atoms with Gasteiger partial charge in [-0.15, -0.1) is 0 Å². The molecule has 0 aromatic rings. The lowest BCUT2D eigenvalue weighted by molar-refractivity contribution is -0.139. The van der Waals surface area contributed by atoms with Crippen molar-refractivity contribution in [3.63, 3.8) is 0 Å². The predicted octanol–water partition coefficient (Wildman–Crippen LogP) is -0.0514. The van der Waals surface area contributed by atoms with Crippen LogP contribution in [0.15, 0.2) is 0 Å². The monoisotopic (exact) mass is 191 g/mol. The van der Waals surface area contributed by atoms with Gasteiger partial charge < -0.3 is 0 Å². The molecule has 0 aromatic carbocycles. The number of nitriles is 2. The fraction of sp³-hybridized carbons (Fsp3) is 0.556. The van der Waals surface area contributed by atoms with E-state index in [0.717, 1.165) is 0 Å². The molecule has 0 radical (unpaired) electrons. The molecule has 1 saturated heterocycles. The normalized spacial score (nSPS) is 31.5. The maximum Gasteiger partial charge on any atom is 0.244 e. The number of imide groups is 1. The number of piperidine rings is 1. The predicted molar refractivity (Wildman–Crippen MR) is 45.1 cm³/mol. The Bertz CT molecular complexity index is 318. The maximum absolute atomic E-state index is 11.2. The Morgan fingerprint density at radius 1 is 1.21 bits per heavy atom. The van der Waals surface area contributed by atoms with Gasteiger partial charge in [0.25, 0.3) is 0 Å². The summed E-state index contributed by atoms with van der Waals surface area (Å²) in [7, 11) is 0. The van der Waals surface area contributed by atoms with E-state index >= 15 is 0 Å². The van der Waals surface area contributed by atoms with E-state index in [1.807, 2.05) is 17.5 Å². The van der Waals surface area contributed by atoms with Gasteiger partial charge in [0.1, 0.15) is 11.8 Å². The van der Waals surface area contributed by atoms with Crippen molar-refractivity contribution in [1.29, 1.82) is 10.5 Å². The molecule has 1 heterocycles. The van der Waals surface area contributed by atoms with Gasteiger partial charge >= 0.3 is 0 Å². The molecule has 72 valence electrons. The summed E-state index contributed by atoms with van der Waals surface area (Å²) in [5, 5.41) is 19.5. The zero-order valence-corrected chi connectivity index (χ0v) is 7.65. The van der Waals surface area contributed by atoms with Gasteiger partial charge in [-0.1, -0.05) is 6.92 Å². The van der Waals surface area contributed by atoms with E-state index < -0.39 is 29.6 Å². The summed E-state index contributed by atoms with van der Waals surface area (Å²) in [6.45, 7) is 1.76. The summed E-state index contributed by atoms with van der Waals surface area (Å²) in [6.07, 6.45) is 0.468. The number of rotatable bonds is 1. The summed E-state index contributed by atoms with van der Waals surface area (Å²) < 4.78 is 0. The molecule has 1 aliphatic rings. The minimum absolute atomic E-state index is 0.468. The molecular weight excluding hydrogens is 182 g/mol. The van der Waals surface area contributed by atoms with Crippen LogP contribution in [0.1, 0.15) is 13.3 Å². The second-order valence-electron chi connectivity index (χ2n) is 3.14. The van der Waals surface area contributed by atoms with Crippen LogP contribution in [0.3, 0.4) is 0 Å². The summed E-state index contributed by atoms with van der Waals surface area (Å²) in [5.74, 6) is -3.43. The van der Waals surface area contributed by atoms with Crippen LogP contribution in [0.5, 0.6) is 0 Å². The summed E-state index contributed by atoms with van der Waals surface area (Å²) >= 11 is 0. The number of carbonyl (C=O) groups is 2. The molecule has 3 atom stereocenters. The second kappa shape index (κ2) is 3.89. The van der Waals surface area contributed by atoms with Gasteiger partial charge in [-0.25, -0.2) is 0 Å². The highest BCUT2D eigenvalue weighted by molar-refractivity contribution is 6.02. The van der Waals surface area contributed by atoms with Crippen LogP contribution in [-0.4, -0.2) is 11.8 Å². The Morgan fingerprint density at radius 2 is 1.64 bits per heavy atom. The van der Waals surface area contributed by atoms with Gasteiger partial charge in [0.05, 0.1) is 12.1 Å². The van der Waals surface area contributed by atoms with E-state index in [4.69, 9.17) is 10.5 Å². The van der Waals surface area contributed by atoms with Gasteiger partial charge in [-0.05, 0) is 6.42 Å². The topological polar surface area (TPSA) is 93.8 Å². The van der Waals surface area contributed by atoms with Crippen LogP contribution in [0.4, 0.5) is 0 Å². The van der Waals surface area contributed by atoms with Gasteiger partial charge in [-0.2, -0.15) is 10.5 Å². The van der Waals surface area contributed by atoms with Crippen molar-refractivity contribution in [2.24, 2.45) is 17.8 Å². The van der Waals surface area contributed by atoms with Crippen LogP contribution < -0.4 is 5.32 Å². The lowest BCUT2D eigenvalue weighted by Gasteiger charge is -2.28. The van der Waals surface area contributed by atoms with Gasteiger partial charge in [0, 0.05) is 5.92 Å². The molecule has 0 aliphatic carbocycles. The zero-order valence-electron chi connectivity index (χ0n) is 7.65. The number of nitrogens with zero attached hydrogens (tertiary/aromatic N) is 2. The molecular formula is C9H9N3O2. The van der Waals surface area contributed by atoms with Crippen LogP contribution in [0, 0.1) is 40.4 Å². The van der Waals surface area contributed by atoms with E-state index in [-0.39, 0.29) is 0 Å². The molecule has 1 aliphatic heterocycles. The van der Waals surface area contributed by atoms with E-state index in [0.29, 0.717) is 6.42 Å². The largest absolute Gasteiger partial charge is 0.294 e. The van der Waals surface area contributed by atoms with Crippen LogP contribution in [0.2, 0.25) is 0 Å². The first kappa shape index (κ1) is 10.2. The molecule has 14 heavy (non-hydrogen) atoms. The lowest BCUT2D eigenvalue weighted by atomic mass is 9.77. The molecule has 1 N–H and O–H groups in total. The van der Waals surface area contributed by atoms with Crippen molar-refractivity contribution in [2.75, 3.05) is 0 Å². The highest BCUT2D eigenvalue weighted by atomic mass is 16.2. The highest BCUT2D eigenvalue weighted by Gasteiger charge is 2.43. The summed E-state index contributed by atoms with van der Waals surface area (Å²) in [4.78, 5) is 22.4. The molecule has 2 amide bonds. The minimum atomic E-state index is -0.887. The first-order chi connectivity index (χ1) is 6.65. The van der Waals surface area contributed by atoms with Crippen LogP contribution >= 0.6 is 0 Å². The Kier molecular flexibility index (Phi) is 2.83. The van der Waals surface area contributed by atoms with Gasteiger partial charge in [-0.3, -0.25) is 14.9 Å². The highest BCUT2D eigenvalue weighted by Crippen LogP contribution is 2.28. The SMILES string of the molecule is CCC1[C@H](C#N)C(=O)NC(=O)[C@@H]1C#N. The standard InChI is InChI=1S/C9H9N3O2/c1-2-5-6(3-10)8(13)12-9(14)7(5)4-11/h5-7H,2H2,1H3,(H,12,13,14)/t5?,6-,7+. The quantitative estimate of drug-likeness (QED) is 0.588. The lowest BCUT2D eigenvalue weighted by Crippen LogP contribution is -2.50. The van der Waals surface area contributed by atoms with Crippen LogP contribution in [0.25, 0.3) is 0 Å². The molecule has 0 bridgehead atoms. The summed E-state index contributed by atoms with van der Waals surface area (Å²) in [6, 6.07) is 3.65. The molecule has 1 fully saturated rings. The van der Waals surface area contributed by atoms with Crippen molar-refractivity contribution in [2.45, 2.75) is 13.3 Å². The average Bonchev–Trinajstić information content (AvgIpc) is 2.16. The van der Waals surface area contributed by atoms with E-state index in [9.17, 15) is 9.59 Å². The Balaban J connectivity index is 3.02. The Hall–Kier alpha value is -1.88. The molecule has 5 nitrogen and oxygen atoms in total. The zero-order chi connectivity index (χ0) is 10.7. The van der Waals surface area contributed by atoms with E-state index in [1.165, 1.54) is 0 Å². The van der Waals surface area contributed by atoms with Crippen molar-refractivity contribution in [1.82, 2.24) is 5.32 Å². The first-order valence-electron chi connectivity index (χ1n) is 4.29. The molecule has 1 rings (SSSR count). The molecule has 5 heteroatoms. The number of amides is 2.